The van der Waals surface area contributed by atoms with Gasteiger partial charge < -0.3 is 14.2 Å². The van der Waals surface area contributed by atoms with E-state index in [1.165, 1.54) is 0 Å². The maximum atomic E-state index is 11.5. The Bertz CT molecular complexity index is 729. The molecule has 4 nitrogen and oxygen atoms in total. The molecule has 0 aliphatic heterocycles. The number of rotatable bonds is 4. The Balaban J connectivity index is 2.02. The Morgan fingerprint density at radius 2 is 2.32 bits per heavy atom. The summed E-state index contributed by atoms with van der Waals surface area (Å²) >= 11 is 0. The maximum Gasteiger partial charge on any atom is 0.336 e. The number of ether oxygens (including phenoxy) is 1. The van der Waals surface area contributed by atoms with Gasteiger partial charge >= 0.3 is 5.97 Å². The van der Waals surface area contributed by atoms with E-state index in [1.807, 2.05) is 36.6 Å². The number of allylic oxidation sites excluding steroid dienone is 1. The van der Waals surface area contributed by atoms with E-state index in [0.29, 0.717) is 5.56 Å². The van der Waals surface area contributed by atoms with Gasteiger partial charge in [0, 0.05) is 11.7 Å². The van der Waals surface area contributed by atoms with Gasteiger partial charge in [-0.2, -0.15) is 0 Å². The lowest BCUT2D eigenvalue weighted by molar-refractivity contribution is 0.0127. The molecular weight excluding hydrogens is 278 g/mol. The molecule has 1 N–H and O–H groups in total. The Hall–Kier alpha value is -2.07. The minimum atomic E-state index is -0.896. The highest BCUT2D eigenvalue weighted by atomic mass is 16.5. The SMILES string of the molecule is Cc1c(C(=O)O)cc2cccn2c1C(C)OC1C=CCCC1. The summed E-state index contributed by atoms with van der Waals surface area (Å²) in [5.74, 6) is -0.896. The number of hydrogen-bond acceptors (Lipinski definition) is 2. The predicted molar refractivity (Wildman–Crippen MR) is 85.4 cm³/mol. The first-order valence-corrected chi connectivity index (χ1v) is 7.74. The molecule has 1 aliphatic rings. The van der Waals surface area contributed by atoms with Crippen molar-refractivity contribution in [1.82, 2.24) is 4.40 Å². The van der Waals surface area contributed by atoms with Crippen molar-refractivity contribution < 1.29 is 14.6 Å². The van der Waals surface area contributed by atoms with E-state index in [2.05, 4.69) is 12.2 Å². The largest absolute Gasteiger partial charge is 0.478 e. The molecule has 0 saturated carbocycles. The average molecular weight is 299 g/mol. The number of nitrogens with zero attached hydrogens (tertiary/aromatic N) is 1. The van der Waals surface area contributed by atoms with Gasteiger partial charge in [0.1, 0.15) is 0 Å². The van der Waals surface area contributed by atoms with Crippen LogP contribution in [0.1, 0.15) is 53.9 Å². The molecule has 1 aliphatic carbocycles. The van der Waals surface area contributed by atoms with Crippen molar-refractivity contribution in [3.8, 4) is 0 Å². The lowest BCUT2D eigenvalue weighted by Gasteiger charge is -2.25. The lowest BCUT2D eigenvalue weighted by Crippen LogP contribution is -2.18. The van der Waals surface area contributed by atoms with Crippen LogP contribution in [0, 0.1) is 6.92 Å². The summed E-state index contributed by atoms with van der Waals surface area (Å²) < 4.78 is 8.20. The van der Waals surface area contributed by atoms with Crippen LogP contribution in [0.3, 0.4) is 0 Å². The topological polar surface area (TPSA) is 50.9 Å². The maximum absolute atomic E-state index is 11.5. The number of carboxylic acid groups (broad SMARTS) is 1. The van der Waals surface area contributed by atoms with Gasteiger partial charge in [-0.1, -0.05) is 12.2 Å². The molecule has 4 heteroatoms. The lowest BCUT2D eigenvalue weighted by atomic mass is 10.0. The smallest absolute Gasteiger partial charge is 0.336 e. The molecule has 0 fully saturated rings. The zero-order chi connectivity index (χ0) is 15.7. The number of pyridine rings is 1. The molecule has 2 aromatic heterocycles. The highest BCUT2D eigenvalue weighted by Gasteiger charge is 2.21. The van der Waals surface area contributed by atoms with Crippen LogP contribution in [-0.2, 0) is 4.74 Å². The van der Waals surface area contributed by atoms with E-state index < -0.39 is 5.97 Å². The summed E-state index contributed by atoms with van der Waals surface area (Å²) in [5.41, 5.74) is 2.91. The number of carboxylic acids is 1. The summed E-state index contributed by atoms with van der Waals surface area (Å²) in [6, 6.07) is 5.56. The van der Waals surface area contributed by atoms with Gasteiger partial charge in [0.25, 0.3) is 0 Å². The van der Waals surface area contributed by atoms with Gasteiger partial charge in [0.05, 0.1) is 23.5 Å². The second-order valence-electron chi connectivity index (χ2n) is 5.85. The molecule has 2 heterocycles. The Kier molecular flexibility index (Phi) is 4.03. The van der Waals surface area contributed by atoms with Crippen molar-refractivity contribution in [2.24, 2.45) is 0 Å². The normalized spacial score (nSPS) is 19.5. The third-order valence-corrected chi connectivity index (χ3v) is 4.32. The molecule has 0 bridgehead atoms. The summed E-state index contributed by atoms with van der Waals surface area (Å²) in [6.45, 7) is 3.85. The van der Waals surface area contributed by atoms with E-state index in [4.69, 9.17) is 4.74 Å². The fourth-order valence-electron chi connectivity index (χ4n) is 3.25. The molecular formula is C18H21NO3. The van der Waals surface area contributed by atoms with Crippen LogP contribution in [0.4, 0.5) is 0 Å². The van der Waals surface area contributed by atoms with E-state index >= 15 is 0 Å². The standard InChI is InChI=1S/C18H21NO3/c1-12-16(18(20)21)11-14-7-6-10-19(14)17(12)13(2)22-15-8-4-3-5-9-15/h4,6-8,10-11,13,15H,3,5,9H2,1-2H3,(H,20,21). The number of aromatic nitrogens is 1. The summed E-state index contributed by atoms with van der Waals surface area (Å²) in [4.78, 5) is 11.5. The first kappa shape index (κ1) is 14.9. The van der Waals surface area contributed by atoms with Gasteiger partial charge in [-0.05, 0) is 56.9 Å². The molecule has 0 amide bonds. The van der Waals surface area contributed by atoms with E-state index in [0.717, 1.165) is 36.0 Å². The summed E-state index contributed by atoms with van der Waals surface area (Å²) in [7, 11) is 0. The Morgan fingerprint density at radius 3 is 3.00 bits per heavy atom. The number of carbonyl (C=O) groups is 1. The van der Waals surface area contributed by atoms with Crippen LogP contribution in [-0.4, -0.2) is 21.6 Å². The quantitative estimate of drug-likeness (QED) is 0.863. The first-order chi connectivity index (χ1) is 10.6. The van der Waals surface area contributed by atoms with Gasteiger partial charge in [-0.25, -0.2) is 4.79 Å². The summed E-state index contributed by atoms with van der Waals surface area (Å²) in [5, 5.41) is 9.43. The molecule has 0 radical (unpaired) electrons. The number of hydrogen-bond donors (Lipinski definition) is 1. The highest BCUT2D eigenvalue weighted by molar-refractivity contribution is 5.91. The molecule has 2 aromatic rings. The van der Waals surface area contributed by atoms with Crippen molar-refractivity contribution in [3.05, 3.63) is 53.4 Å². The summed E-state index contributed by atoms with van der Waals surface area (Å²) in [6.07, 6.45) is 9.46. The van der Waals surface area contributed by atoms with Crippen LogP contribution < -0.4 is 0 Å². The van der Waals surface area contributed by atoms with Crippen molar-refractivity contribution in [2.75, 3.05) is 0 Å². The first-order valence-electron chi connectivity index (χ1n) is 7.74. The number of fused-ring (bicyclic) bond motifs is 1. The molecule has 3 rings (SSSR count). The Morgan fingerprint density at radius 1 is 1.50 bits per heavy atom. The van der Waals surface area contributed by atoms with Crippen LogP contribution in [0.25, 0.3) is 5.52 Å². The van der Waals surface area contributed by atoms with Crippen LogP contribution in [0.5, 0.6) is 0 Å². The molecule has 116 valence electrons. The molecule has 2 unspecified atom stereocenters. The zero-order valence-corrected chi connectivity index (χ0v) is 13.0. The van der Waals surface area contributed by atoms with Crippen LogP contribution >= 0.6 is 0 Å². The predicted octanol–water partition coefficient (Wildman–Crippen LogP) is 4.13. The second-order valence-corrected chi connectivity index (χ2v) is 5.85. The molecule has 0 aromatic carbocycles. The molecule has 2 atom stereocenters. The average Bonchev–Trinajstić information content (AvgIpc) is 2.95. The van der Waals surface area contributed by atoms with Gasteiger partial charge in [0.2, 0.25) is 0 Å². The van der Waals surface area contributed by atoms with Crippen molar-refractivity contribution in [3.63, 3.8) is 0 Å². The van der Waals surface area contributed by atoms with E-state index in [1.54, 1.807) is 6.07 Å². The Labute approximate surface area is 130 Å². The highest BCUT2D eigenvalue weighted by Crippen LogP contribution is 2.29. The molecule has 22 heavy (non-hydrogen) atoms. The van der Waals surface area contributed by atoms with Crippen LogP contribution in [0.15, 0.2) is 36.5 Å². The van der Waals surface area contributed by atoms with Crippen molar-refractivity contribution in [2.45, 2.75) is 45.3 Å². The fourth-order valence-corrected chi connectivity index (χ4v) is 3.25. The monoisotopic (exact) mass is 299 g/mol. The molecule has 0 spiro atoms. The fraction of sp³-hybridized carbons (Fsp3) is 0.389. The minimum absolute atomic E-state index is 0.113. The molecule has 0 saturated heterocycles. The third-order valence-electron chi connectivity index (χ3n) is 4.32. The number of aromatic carboxylic acids is 1. The minimum Gasteiger partial charge on any atom is -0.478 e. The van der Waals surface area contributed by atoms with Crippen molar-refractivity contribution in [1.29, 1.82) is 0 Å². The second kappa shape index (κ2) is 5.97. The van der Waals surface area contributed by atoms with Gasteiger partial charge in [-0.15, -0.1) is 0 Å². The third kappa shape index (κ3) is 2.66. The van der Waals surface area contributed by atoms with Crippen LogP contribution in [0.2, 0.25) is 0 Å². The van der Waals surface area contributed by atoms with Gasteiger partial charge in [-0.3, -0.25) is 0 Å². The zero-order valence-electron chi connectivity index (χ0n) is 13.0. The van der Waals surface area contributed by atoms with Gasteiger partial charge in [0.15, 0.2) is 0 Å². The van der Waals surface area contributed by atoms with E-state index in [-0.39, 0.29) is 12.2 Å². The van der Waals surface area contributed by atoms with Crippen molar-refractivity contribution >= 4 is 11.5 Å². The van der Waals surface area contributed by atoms with E-state index in [9.17, 15) is 9.90 Å².